The van der Waals surface area contributed by atoms with Gasteiger partial charge in [0.25, 0.3) is 0 Å². The SMILES string of the molecule is CC(=O)N[C@@H]1C(O)[C@H](O[C@@H]2O[C@H](CO)[C@@H](O)C(O)[C@@H]2N)[C@@H](CO)O[C@H]1O[C@H]1C(O)[C@H](NC(C)=O)[C@H](O[C@H]2C(O)[C@@H](NC(C)=O)[C@H](O)O[C@@H]2COS(=O)(=O)O)O[C@@H]1CO. The first-order valence-corrected chi connectivity index (χ1v) is 19.2. The molecule has 4 unspecified atom stereocenters. The summed E-state index contributed by atoms with van der Waals surface area (Å²) in [4.78, 5) is 36.6. The predicted molar refractivity (Wildman–Crippen MR) is 181 cm³/mol. The fraction of sp³-hybridized carbons (Fsp3) is 0.900. The second-order valence-corrected chi connectivity index (χ2v) is 15.1. The summed E-state index contributed by atoms with van der Waals surface area (Å²) in [7, 11) is -5.13. The molecule has 336 valence electrons. The zero-order chi connectivity index (χ0) is 43.4. The lowest BCUT2D eigenvalue weighted by molar-refractivity contribution is -0.361. The van der Waals surface area contributed by atoms with E-state index in [9.17, 15) is 68.8 Å². The molecule has 0 saturated carbocycles. The van der Waals surface area contributed by atoms with Crippen LogP contribution in [-0.4, -0.2) is 226 Å². The Hall–Kier alpha value is -2.40. The zero-order valence-corrected chi connectivity index (χ0v) is 32.0. The molecule has 0 aliphatic carbocycles. The van der Waals surface area contributed by atoms with Crippen LogP contribution < -0.4 is 21.7 Å². The quantitative estimate of drug-likeness (QED) is 0.0680. The van der Waals surface area contributed by atoms with Crippen LogP contribution in [0.5, 0.6) is 0 Å². The second kappa shape index (κ2) is 20.4. The first kappa shape index (κ1) is 48.3. The third-order valence-electron chi connectivity index (χ3n) is 9.69. The topological polar surface area (TPSA) is 424 Å². The Balaban J connectivity index is 1.62. The van der Waals surface area contributed by atoms with Gasteiger partial charge in [-0.3, -0.25) is 18.9 Å². The smallest absolute Gasteiger partial charge is 0.394 e. The van der Waals surface area contributed by atoms with Crippen molar-refractivity contribution >= 4 is 28.1 Å². The van der Waals surface area contributed by atoms with Gasteiger partial charge in [-0.2, -0.15) is 8.42 Å². The van der Waals surface area contributed by atoms with Gasteiger partial charge in [-0.05, 0) is 0 Å². The van der Waals surface area contributed by atoms with Gasteiger partial charge in [0.1, 0.15) is 91.4 Å². The molecule has 0 spiro atoms. The molecule has 4 rings (SSSR count). The van der Waals surface area contributed by atoms with E-state index in [0.29, 0.717) is 0 Å². The van der Waals surface area contributed by atoms with Crippen molar-refractivity contribution in [2.24, 2.45) is 5.73 Å². The predicted octanol–water partition coefficient (Wildman–Crippen LogP) is -9.52. The van der Waals surface area contributed by atoms with Gasteiger partial charge in [0.2, 0.25) is 17.7 Å². The number of rotatable bonds is 15. The minimum atomic E-state index is -5.13. The van der Waals surface area contributed by atoms with Gasteiger partial charge < -0.3 is 101 Å². The number of nitrogens with one attached hydrogen (secondary N) is 3. The molecule has 27 nitrogen and oxygen atoms in total. The number of carbonyl (C=O) groups excluding carboxylic acids is 3. The van der Waals surface area contributed by atoms with Gasteiger partial charge in [-0.15, -0.1) is 0 Å². The maximum Gasteiger partial charge on any atom is 0.397 e. The molecule has 0 aromatic rings. The summed E-state index contributed by atoms with van der Waals surface area (Å²) in [6.45, 7) is -0.659. The number of hydrogen-bond donors (Lipinski definition) is 14. The third kappa shape index (κ3) is 11.5. The van der Waals surface area contributed by atoms with Crippen LogP contribution in [-0.2, 0) is 62.1 Å². The van der Waals surface area contributed by atoms with Gasteiger partial charge in [-0.1, -0.05) is 0 Å². The second-order valence-electron chi connectivity index (χ2n) is 14.0. The number of ether oxygens (including phenoxy) is 7. The summed E-state index contributed by atoms with van der Waals surface area (Å²) in [6, 6.07) is -6.41. The van der Waals surface area contributed by atoms with Gasteiger partial charge in [0.15, 0.2) is 25.2 Å². The minimum absolute atomic E-state index is 0.757. The number of nitrogens with two attached hydrogens (primary N) is 1. The molecule has 4 saturated heterocycles. The average molecular weight is 869 g/mol. The molecule has 4 aliphatic heterocycles. The van der Waals surface area contributed by atoms with E-state index in [-0.39, 0.29) is 0 Å². The third-order valence-corrected chi connectivity index (χ3v) is 10.1. The van der Waals surface area contributed by atoms with Crippen molar-refractivity contribution in [1.82, 2.24) is 16.0 Å². The van der Waals surface area contributed by atoms with Crippen LogP contribution in [0.2, 0.25) is 0 Å². The molecule has 3 amide bonds. The monoisotopic (exact) mass is 868 g/mol. The minimum Gasteiger partial charge on any atom is -0.394 e. The van der Waals surface area contributed by atoms with Crippen LogP contribution in [0.3, 0.4) is 0 Å². The Morgan fingerprint density at radius 2 is 0.948 bits per heavy atom. The number of carbonyl (C=O) groups is 3. The van der Waals surface area contributed by atoms with Gasteiger partial charge in [0, 0.05) is 20.8 Å². The van der Waals surface area contributed by atoms with Crippen molar-refractivity contribution in [2.75, 3.05) is 26.4 Å². The molecule has 15 N–H and O–H groups in total. The zero-order valence-electron chi connectivity index (χ0n) is 31.1. The molecule has 4 heterocycles. The Morgan fingerprint density at radius 3 is 1.36 bits per heavy atom. The Morgan fingerprint density at radius 1 is 0.569 bits per heavy atom. The molecule has 0 aromatic heterocycles. The summed E-state index contributed by atoms with van der Waals surface area (Å²) in [5.74, 6) is -2.34. The highest BCUT2D eigenvalue weighted by Gasteiger charge is 2.56. The van der Waals surface area contributed by atoms with Gasteiger partial charge >= 0.3 is 10.4 Å². The van der Waals surface area contributed by atoms with E-state index in [2.05, 4.69) is 20.1 Å². The van der Waals surface area contributed by atoms with Gasteiger partial charge in [-0.25, -0.2) is 4.18 Å². The highest BCUT2D eigenvalue weighted by Crippen LogP contribution is 2.34. The average Bonchev–Trinajstić information content (AvgIpc) is 3.14. The number of amides is 3. The number of aliphatic hydroxyl groups excluding tert-OH is 9. The first-order valence-electron chi connectivity index (χ1n) is 17.8. The molecule has 0 aromatic carbocycles. The normalized spacial score (nSPS) is 43.6. The van der Waals surface area contributed by atoms with E-state index < -0.39 is 177 Å². The molecule has 58 heavy (non-hydrogen) atoms. The van der Waals surface area contributed by atoms with Crippen molar-refractivity contribution in [1.29, 1.82) is 0 Å². The molecule has 4 fully saturated rings. The van der Waals surface area contributed by atoms with Crippen molar-refractivity contribution in [3.8, 4) is 0 Å². The van der Waals surface area contributed by atoms with Crippen LogP contribution in [0.4, 0.5) is 0 Å². The summed E-state index contributed by atoms with van der Waals surface area (Å²) >= 11 is 0. The summed E-state index contributed by atoms with van der Waals surface area (Å²) in [5.41, 5.74) is 5.97. The van der Waals surface area contributed by atoms with Crippen molar-refractivity contribution in [3.05, 3.63) is 0 Å². The standard InChI is InChI=1S/C30H52N4O23S/c1-8(38)32-16-21(43)26(14(51-27(16)46)7-50-58(47,48)49)57-30-18(34-10(3)40)23(45)25(13(6-37)54-30)56-29-17(33-9(2)39)22(44)24(12(5-36)53-29)55-28-15(31)20(42)19(41)11(4-35)52-28/h11-30,35-37,41-46H,4-7,31H2,1-3H3,(H,32,38)(H,33,39)(H,34,40)(H,47,48,49)/t11-,12-,13-,14-,15+,16-,17-,18+,19-,20?,21?,22?,23?,24-,25-,26-,27-,28+,29+,30+/m1/s1. The van der Waals surface area contributed by atoms with Crippen LogP contribution in [0.1, 0.15) is 20.8 Å². The summed E-state index contributed by atoms with van der Waals surface area (Å²) < 4.78 is 76.4. The van der Waals surface area contributed by atoms with E-state index in [1.807, 2.05) is 0 Å². The van der Waals surface area contributed by atoms with E-state index in [4.69, 9.17) is 43.4 Å². The summed E-state index contributed by atoms with van der Waals surface area (Å²) in [5, 5.41) is 103. The largest absolute Gasteiger partial charge is 0.397 e. The van der Waals surface area contributed by atoms with Gasteiger partial charge in [0.05, 0.1) is 32.5 Å². The molecule has 4 aliphatic rings. The number of hydrogen-bond acceptors (Lipinski definition) is 23. The summed E-state index contributed by atoms with van der Waals surface area (Å²) in [6.07, 6.45) is -28.0. The maximum absolute atomic E-state index is 12.4. The van der Waals surface area contributed by atoms with E-state index in [0.717, 1.165) is 20.8 Å². The lowest BCUT2D eigenvalue weighted by Crippen LogP contribution is -2.71. The van der Waals surface area contributed by atoms with E-state index in [1.165, 1.54) is 0 Å². The highest BCUT2D eigenvalue weighted by atomic mass is 32.3. The van der Waals surface area contributed by atoms with E-state index in [1.54, 1.807) is 0 Å². The fourth-order valence-electron chi connectivity index (χ4n) is 6.95. The maximum atomic E-state index is 12.4. The lowest BCUT2D eigenvalue weighted by atomic mass is 9.93. The Kier molecular flexibility index (Phi) is 17.0. The first-order chi connectivity index (χ1) is 27.1. The molecular formula is C30H52N4O23S. The van der Waals surface area contributed by atoms with Crippen LogP contribution in [0.25, 0.3) is 0 Å². The molecular weight excluding hydrogens is 816 g/mol. The highest BCUT2D eigenvalue weighted by molar-refractivity contribution is 7.80. The van der Waals surface area contributed by atoms with Crippen molar-refractivity contribution < 1.29 is 111 Å². The molecule has 28 heteroatoms. The Labute approximate surface area is 330 Å². The van der Waals surface area contributed by atoms with E-state index >= 15 is 0 Å². The van der Waals surface area contributed by atoms with Crippen LogP contribution in [0.15, 0.2) is 0 Å². The van der Waals surface area contributed by atoms with Crippen molar-refractivity contribution in [2.45, 2.75) is 143 Å². The molecule has 20 atom stereocenters. The fourth-order valence-corrected chi connectivity index (χ4v) is 7.26. The van der Waals surface area contributed by atoms with Crippen LogP contribution >= 0.6 is 0 Å². The van der Waals surface area contributed by atoms with Crippen molar-refractivity contribution in [3.63, 3.8) is 0 Å². The molecule has 0 bridgehead atoms. The number of aliphatic hydroxyl groups is 9. The van der Waals surface area contributed by atoms with Crippen LogP contribution in [0, 0.1) is 0 Å². The lowest BCUT2D eigenvalue weighted by Gasteiger charge is -2.50. The molecule has 0 radical (unpaired) electrons. The Bertz CT molecular complexity index is 1500.